The van der Waals surface area contributed by atoms with E-state index in [4.69, 9.17) is 5.11 Å². The van der Waals surface area contributed by atoms with Crippen LogP contribution in [-0.2, 0) is 9.59 Å². The van der Waals surface area contributed by atoms with Gasteiger partial charge in [-0.05, 0) is 19.9 Å². The van der Waals surface area contributed by atoms with Crippen LogP contribution in [-0.4, -0.2) is 36.1 Å². The lowest BCUT2D eigenvalue weighted by Crippen LogP contribution is -2.44. The van der Waals surface area contributed by atoms with Gasteiger partial charge in [0.1, 0.15) is 6.54 Å². The largest absolute Gasteiger partial charge is 0.480 e. The van der Waals surface area contributed by atoms with Crippen LogP contribution in [0.3, 0.4) is 0 Å². The molecule has 0 aromatic carbocycles. The molecule has 0 unspecified atom stereocenters. The van der Waals surface area contributed by atoms with Crippen molar-refractivity contribution in [2.45, 2.75) is 77.7 Å². The Balaban J connectivity index is 3.33. The molecular formula is C16H32N2O3. The Morgan fingerprint density at radius 1 is 0.952 bits per heavy atom. The van der Waals surface area contributed by atoms with Gasteiger partial charge in [-0.3, -0.25) is 9.59 Å². The molecular weight excluding hydrogens is 268 g/mol. The van der Waals surface area contributed by atoms with E-state index >= 15 is 0 Å². The Labute approximate surface area is 128 Å². The Kier molecular flexibility index (Phi) is 13.1. The van der Waals surface area contributed by atoms with Crippen LogP contribution < -0.4 is 10.6 Å². The van der Waals surface area contributed by atoms with Gasteiger partial charge >= 0.3 is 5.97 Å². The summed E-state index contributed by atoms with van der Waals surface area (Å²) in [5.74, 6) is -1.28. The highest BCUT2D eigenvalue weighted by Crippen LogP contribution is 2.09. The van der Waals surface area contributed by atoms with Crippen molar-refractivity contribution >= 4 is 11.9 Å². The zero-order valence-electron chi connectivity index (χ0n) is 13.6. The topological polar surface area (TPSA) is 78.4 Å². The van der Waals surface area contributed by atoms with Gasteiger partial charge in [-0.25, -0.2) is 0 Å². The number of carbonyl (C=O) groups excluding carboxylic acids is 1. The Bertz CT molecular complexity index is 283. The minimum absolute atomic E-state index is 0.256. The summed E-state index contributed by atoms with van der Waals surface area (Å²) >= 11 is 0. The molecule has 1 atom stereocenters. The number of nitrogens with one attached hydrogen (secondary N) is 2. The number of hydrogen-bond acceptors (Lipinski definition) is 3. The van der Waals surface area contributed by atoms with Gasteiger partial charge in [-0.15, -0.1) is 0 Å². The minimum atomic E-state index is -1.02. The van der Waals surface area contributed by atoms with E-state index in [0.29, 0.717) is 0 Å². The van der Waals surface area contributed by atoms with Crippen LogP contribution in [0, 0.1) is 0 Å². The average Bonchev–Trinajstić information content (AvgIpc) is 2.46. The summed E-state index contributed by atoms with van der Waals surface area (Å²) in [6, 6.07) is -0.335. The van der Waals surface area contributed by atoms with Crippen LogP contribution >= 0.6 is 0 Å². The van der Waals surface area contributed by atoms with Crippen molar-refractivity contribution in [1.29, 1.82) is 0 Å². The van der Waals surface area contributed by atoms with Crippen molar-refractivity contribution in [3.8, 4) is 0 Å². The number of aliphatic carboxylic acids is 1. The van der Waals surface area contributed by atoms with E-state index < -0.39 is 5.97 Å². The zero-order valence-corrected chi connectivity index (χ0v) is 13.6. The zero-order chi connectivity index (χ0) is 15.9. The predicted molar refractivity (Wildman–Crippen MR) is 85.3 cm³/mol. The van der Waals surface area contributed by atoms with Crippen LogP contribution in [0.15, 0.2) is 0 Å². The molecule has 1 amide bonds. The fourth-order valence-electron chi connectivity index (χ4n) is 2.16. The van der Waals surface area contributed by atoms with E-state index in [0.717, 1.165) is 13.0 Å². The molecule has 5 heteroatoms. The molecule has 0 radical (unpaired) electrons. The summed E-state index contributed by atoms with van der Waals surface area (Å²) in [6.07, 6.45) is 11.5. The van der Waals surface area contributed by atoms with Crippen LogP contribution in [0.5, 0.6) is 0 Å². The number of carboxylic acid groups (broad SMARTS) is 1. The average molecular weight is 300 g/mol. The first-order valence-corrected chi connectivity index (χ1v) is 8.30. The molecule has 0 aliphatic rings. The van der Waals surface area contributed by atoms with E-state index in [1.807, 2.05) is 0 Å². The third-order valence-corrected chi connectivity index (χ3v) is 3.54. The second kappa shape index (κ2) is 13.9. The number of hydrogen-bond donors (Lipinski definition) is 3. The number of amides is 1. The molecule has 21 heavy (non-hydrogen) atoms. The summed E-state index contributed by atoms with van der Waals surface area (Å²) in [6.45, 7) is 4.47. The Hall–Kier alpha value is -1.10. The lowest BCUT2D eigenvalue weighted by Gasteiger charge is -2.13. The number of unbranched alkanes of at least 4 members (excludes halogenated alkanes) is 8. The van der Waals surface area contributed by atoms with E-state index in [1.54, 1.807) is 6.92 Å². The standard InChI is InChI=1S/C16H32N2O3/c1-3-4-5-6-7-8-9-10-11-12-17-14(2)16(21)18-13-15(19)20/h14,17H,3-13H2,1-2H3,(H,18,21)(H,19,20)/t14-/m0/s1. The molecule has 0 saturated carbocycles. The van der Waals surface area contributed by atoms with Gasteiger partial charge in [0, 0.05) is 0 Å². The first-order chi connectivity index (χ1) is 10.1. The molecule has 0 heterocycles. The molecule has 0 aliphatic carbocycles. The molecule has 0 rings (SSSR count). The van der Waals surface area contributed by atoms with Gasteiger partial charge in [-0.1, -0.05) is 58.3 Å². The van der Waals surface area contributed by atoms with Crippen LogP contribution in [0.4, 0.5) is 0 Å². The third kappa shape index (κ3) is 13.6. The lowest BCUT2D eigenvalue weighted by molar-refractivity contribution is -0.138. The Morgan fingerprint density at radius 3 is 2.00 bits per heavy atom. The van der Waals surface area contributed by atoms with Gasteiger partial charge in [0.2, 0.25) is 5.91 Å². The number of carboxylic acids is 1. The predicted octanol–water partition coefficient (Wildman–Crippen LogP) is 2.70. The molecule has 0 aromatic rings. The summed E-state index contributed by atoms with van der Waals surface area (Å²) in [7, 11) is 0. The normalized spacial score (nSPS) is 12.1. The van der Waals surface area contributed by atoms with Crippen LogP contribution in [0.1, 0.15) is 71.6 Å². The highest BCUT2D eigenvalue weighted by molar-refractivity contribution is 5.84. The van der Waals surface area contributed by atoms with E-state index in [-0.39, 0.29) is 18.5 Å². The van der Waals surface area contributed by atoms with Gasteiger partial charge < -0.3 is 15.7 Å². The van der Waals surface area contributed by atoms with Crippen molar-refractivity contribution in [2.24, 2.45) is 0 Å². The molecule has 124 valence electrons. The molecule has 0 aromatic heterocycles. The van der Waals surface area contributed by atoms with Gasteiger partial charge in [0.15, 0.2) is 0 Å². The minimum Gasteiger partial charge on any atom is -0.480 e. The lowest BCUT2D eigenvalue weighted by atomic mass is 10.1. The van der Waals surface area contributed by atoms with Crippen molar-refractivity contribution < 1.29 is 14.7 Å². The highest BCUT2D eigenvalue weighted by Gasteiger charge is 2.11. The number of rotatable bonds is 14. The van der Waals surface area contributed by atoms with Crippen LogP contribution in [0.25, 0.3) is 0 Å². The third-order valence-electron chi connectivity index (χ3n) is 3.54. The molecule has 0 bridgehead atoms. The monoisotopic (exact) mass is 300 g/mol. The number of carbonyl (C=O) groups is 2. The van der Waals surface area contributed by atoms with Crippen molar-refractivity contribution in [3.63, 3.8) is 0 Å². The van der Waals surface area contributed by atoms with Crippen molar-refractivity contribution in [2.75, 3.05) is 13.1 Å². The molecule has 0 fully saturated rings. The van der Waals surface area contributed by atoms with Crippen LogP contribution in [0.2, 0.25) is 0 Å². The van der Waals surface area contributed by atoms with Gasteiger partial charge in [0.25, 0.3) is 0 Å². The SMILES string of the molecule is CCCCCCCCCCCN[C@@H](C)C(=O)NCC(=O)O. The summed E-state index contributed by atoms with van der Waals surface area (Å²) < 4.78 is 0. The molecule has 0 aliphatic heterocycles. The second-order valence-corrected chi connectivity index (χ2v) is 5.62. The second-order valence-electron chi connectivity index (χ2n) is 5.62. The van der Waals surface area contributed by atoms with Gasteiger partial charge in [-0.2, -0.15) is 0 Å². The molecule has 5 nitrogen and oxygen atoms in total. The van der Waals surface area contributed by atoms with E-state index in [1.165, 1.54) is 51.4 Å². The molecule has 0 spiro atoms. The fourth-order valence-corrected chi connectivity index (χ4v) is 2.16. The van der Waals surface area contributed by atoms with E-state index in [2.05, 4.69) is 17.6 Å². The quantitative estimate of drug-likeness (QED) is 0.431. The maximum absolute atomic E-state index is 11.5. The van der Waals surface area contributed by atoms with E-state index in [9.17, 15) is 9.59 Å². The summed E-state index contributed by atoms with van der Waals surface area (Å²) in [5, 5.41) is 14.0. The highest BCUT2D eigenvalue weighted by atomic mass is 16.4. The van der Waals surface area contributed by atoms with Crippen molar-refractivity contribution in [1.82, 2.24) is 10.6 Å². The van der Waals surface area contributed by atoms with Crippen molar-refractivity contribution in [3.05, 3.63) is 0 Å². The first-order valence-electron chi connectivity index (χ1n) is 8.30. The maximum atomic E-state index is 11.5. The Morgan fingerprint density at radius 2 is 1.48 bits per heavy atom. The summed E-state index contributed by atoms with van der Waals surface area (Å²) in [4.78, 5) is 21.8. The molecule has 0 saturated heterocycles. The van der Waals surface area contributed by atoms with Gasteiger partial charge in [0.05, 0.1) is 6.04 Å². The molecule has 3 N–H and O–H groups in total. The fraction of sp³-hybridized carbons (Fsp3) is 0.875. The maximum Gasteiger partial charge on any atom is 0.322 e. The first kappa shape index (κ1) is 19.9. The summed E-state index contributed by atoms with van der Waals surface area (Å²) in [5.41, 5.74) is 0. The smallest absolute Gasteiger partial charge is 0.322 e.